The molecule has 0 amide bonds. The van der Waals surface area contributed by atoms with Gasteiger partial charge in [-0.1, -0.05) is 11.3 Å². The number of ether oxygens (including phenoxy) is 2. The zero-order chi connectivity index (χ0) is 18.9. The van der Waals surface area contributed by atoms with Crippen LogP contribution in [0.2, 0.25) is 0 Å². The monoisotopic (exact) mass is 373 g/mol. The Morgan fingerprint density at radius 3 is 2.27 bits per heavy atom. The molecule has 1 aromatic heterocycles. The van der Waals surface area contributed by atoms with Crippen molar-refractivity contribution in [3.05, 3.63) is 53.7 Å². The van der Waals surface area contributed by atoms with Crippen LogP contribution >= 0.6 is 0 Å². The van der Waals surface area contributed by atoms with Crippen LogP contribution in [-0.2, 0) is 9.84 Å². The van der Waals surface area contributed by atoms with E-state index in [4.69, 9.17) is 9.47 Å². The van der Waals surface area contributed by atoms with Crippen molar-refractivity contribution in [3.63, 3.8) is 0 Å². The molecular weight excluding hydrogens is 354 g/mol. The summed E-state index contributed by atoms with van der Waals surface area (Å²) in [4.78, 5) is 0.129. The molecule has 0 fully saturated rings. The van der Waals surface area contributed by atoms with Crippen molar-refractivity contribution in [2.75, 3.05) is 14.2 Å². The van der Waals surface area contributed by atoms with Gasteiger partial charge in [-0.25, -0.2) is 13.1 Å². The van der Waals surface area contributed by atoms with Crippen molar-refractivity contribution in [2.24, 2.45) is 0 Å². The molecule has 136 valence electrons. The summed E-state index contributed by atoms with van der Waals surface area (Å²) >= 11 is 0. The Balaban J connectivity index is 2.10. The van der Waals surface area contributed by atoms with Crippen LogP contribution in [0.5, 0.6) is 11.5 Å². The molecule has 0 saturated carbocycles. The SMILES string of the molecule is COc1ccc(S(=O)(=O)c2nnn(-c3cc(C)ccc3OC)c2C)cc1. The lowest BCUT2D eigenvalue weighted by atomic mass is 10.2. The predicted molar refractivity (Wildman–Crippen MR) is 95.8 cm³/mol. The van der Waals surface area contributed by atoms with Gasteiger partial charge < -0.3 is 9.47 Å². The van der Waals surface area contributed by atoms with Gasteiger partial charge in [0, 0.05) is 0 Å². The lowest BCUT2D eigenvalue weighted by Gasteiger charge is -2.10. The van der Waals surface area contributed by atoms with E-state index in [1.807, 2.05) is 25.1 Å². The Morgan fingerprint density at radius 2 is 1.65 bits per heavy atom. The van der Waals surface area contributed by atoms with Gasteiger partial charge in [0.05, 0.1) is 24.8 Å². The second-order valence-electron chi connectivity index (χ2n) is 5.75. The first kappa shape index (κ1) is 17.9. The number of aryl methyl sites for hydroxylation is 1. The Labute approximate surface area is 152 Å². The van der Waals surface area contributed by atoms with Gasteiger partial charge in [-0.3, -0.25) is 0 Å². The molecule has 26 heavy (non-hydrogen) atoms. The second kappa shape index (κ2) is 6.80. The van der Waals surface area contributed by atoms with Gasteiger partial charge in [0.1, 0.15) is 17.2 Å². The van der Waals surface area contributed by atoms with E-state index in [0.717, 1.165) is 5.56 Å². The van der Waals surface area contributed by atoms with E-state index in [0.29, 0.717) is 22.9 Å². The van der Waals surface area contributed by atoms with E-state index in [2.05, 4.69) is 10.3 Å². The molecule has 8 heteroatoms. The molecule has 0 unspecified atom stereocenters. The van der Waals surface area contributed by atoms with Crippen molar-refractivity contribution >= 4 is 9.84 Å². The largest absolute Gasteiger partial charge is 0.497 e. The first-order valence-electron chi connectivity index (χ1n) is 7.85. The summed E-state index contributed by atoms with van der Waals surface area (Å²) in [7, 11) is -0.729. The summed E-state index contributed by atoms with van der Waals surface area (Å²) in [5, 5.41) is 7.88. The summed E-state index contributed by atoms with van der Waals surface area (Å²) in [6, 6.07) is 11.7. The van der Waals surface area contributed by atoms with Crippen LogP contribution in [0.4, 0.5) is 0 Å². The Bertz CT molecular complexity index is 1040. The van der Waals surface area contributed by atoms with Crippen molar-refractivity contribution in [1.29, 1.82) is 0 Å². The molecular formula is C18H19N3O4S. The van der Waals surface area contributed by atoms with Crippen LogP contribution in [0.3, 0.4) is 0 Å². The number of hydrogen-bond donors (Lipinski definition) is 0. The topological polar surface area (TPSA) is 83.3 Å². The number of nitrogens with zero attached hydrogens (tertiary/aromatic N) is 3. The lowest BCUT2D eigenvalue weighted by Crippen LogP contribution is -2.06. The Kier molecular flexibility index (Phi) is 4.69. The van der Waals surface area contributed by atoms with Crippen LogP contribution in [-0.4, -0.2) is 37.6 Å². The number of rotatable bonds is 5. The second-order valence-corrected chi connectivity index (χ2v) is 7.61. The average Bonchev–Trinajstić information content (AvgIpc) is 3.03. The third kappa shape index (κ3) is 3.03. The fourth-order valence-corrected chi connectivity index (χ4v) is 3.96. The summed E-state index contributed by atoms with van der Waals surface area (Å²) in [6.07, 6.45) is 0. The fraction of sp³-hybridized carbons (Fsp3) is 0.222. The normalized spacial score (nSPS) is 11.4. The van der Waals surface area contributed by atoms with Crippen LogP contribution < -0.4 is 9.47 Å². The molecule has 0 aliphatic rings. The van der Waals surface area contributed by atoms with Crippen LogP contribution in [0, 0.1) is 13.8 Å². The van der Waals surface area contributed by atoms with Crippen LogP contribution in [0.25, 0.3) is 5.69 Å². The van der Waals surface area contributed by atoms with E-state index in [1.54, 1.807) is 26.2 Å². The highest BCUT2D eigenvalue weighted by atomic mass is 32.2. The third-order valence-corrected chi connectivity index (χ3v) is 5.82. The van der Waals surface area contributed by atoms with Gasteiger partial charge in [-0.15, -0.1) is 5.10 Å². The Morgan fingerprint density at radius 1 is 0.962 bits per heavy atom. The molecule has 0 radical (unpaired) electrons. The van der Waals surface area contributed by atoms with Crippen LogP contribution in [0.15, 0.2) is 52.4 Å². The number of hydrogen-bond acceptors (Lipinski definition) is 6. The summed E-state index contributed by atoms with van der Waals surface area (Å²) in [5.74, 6) is 1.16. The van der Waals surface area contributed by atoms with Crippen molar-refractivity contribution in [2.45, 2.75) is 23.8 Å². The third-order valence-electron chi connectivity index (χ3n) is 4.04. The molecule has 0 saturated heterocycles. The number of sulfone groups is 1. The zero-order valence-corrected chi connectivity index (χ0v) is 15.7. The van der Waals surface area contributed by atoms with Crippen LogP contribution in [0.1, 0.15) is 11.3 Å². The van der Waals surface area contributed by atoms with E-state index in [9.17, 15) is 8.42 Å². The quantitative estimate of drug-likeness (QED) is 0.684. The van der Waals surface area contributed by atoms with Gasteiger partial charge in [0.25, 0.3) is 0 Å². The van der Waals surface area contributed by atoms with Gasteiger partial charge in [0.15, 0.2) is 0 Å². The molecule has 0 aliphatic carbocycles. The maximum atomic E-state index is 12.9. The van der Waals surface area contributed by atoms with E-state index < -0.39 is 9.84 Å². The highest BCUT2D eigenvalue weighted by molar-refractivity contribution is 7.91. The molecule has 3 rings (SSSR count). The van der Waals surface area contributed by atoms with E-state index in [-0.39, 0.29) is 9.92 Å². The summed E-state index contributed by atoms with van der Waals surface area (Å²) in [5.41, 5.74) is 2.04. The minimum atomic E-state index is -3.80. The van der Waals surface area contributed by atoms with E-state index >= 15 is 0 Å². The maximum absolute atomic E-state index is 12.9. The van der Waals surface area contributed by atoms with Gasteiger partial charge >= 0.3 is 0 Å². The molecule has 7 nitrogen and oxygen atoms in total. The fourth-order valence-electron chi connectivity index (χ4n) is 2.62. The first-order chi connectivity index (χ1) is 12.4. The van der Waals surface area contributed by atoms with Crippen molar-refractivity contribution < 1.29 is 17.9 Å². The number of aromatic nitrogens is 3. The average molecular weight is 373 g/mol. The standard InChI is InChI=1S/C18H19N3O4S/c1-12-5-10-17(25-4)16(11-12)21-13(2)18(19-20-21)26(22,23)15-8-6-14(24-3)7-9-15/h5-11H,1-4H3. The first-order valence-corrected chi connectivity index (χ1v) is 9.33. The summed E-state index contributed by atoms with van der Waals surface area (Å²) < 4.78 is 37.8. The highest BCUT2D eigenvalue weighted by Gasteiger charge is 2.26. The minimum Gasteiger partial charge on any atom is -0.497 e. The molecule has 0 N–H and O–H groups in total. The van der Waals surface area contributed by atoms with Gasteiger partial charge in [0.2, 0.25) is 14.9 Å². The van der Waals surface area contributed by atoms with E-state index in [1.165, 1.54) is 23.9 Å². The van der Waals surface area contributed by atoms with Crippen molar-refractivity contribution in [3.8, 4) is 17.2 Å². The predicted octanol–water partition coefficient (Wildman–Crippen LogP) is 2.73. The van der Waals surface area contributed by atoms with Crippen molar-refractivity contribution in [1.82, 2.24) is 15.0 Å². The molecule has 2 aromatic carbocycles. The molecule has 0 atom stereocenters. The number of benzene rings is 2. The molecule has 0 aliphatic heterocycles. The smallest absolute Gasteiger partial charge is 0.227 e. The van der Waals surface area contributed by atoms with Gasteiger partial charge in [-0.05, 0) is 55.8 Å². The molecule has 0 bridgehead atoms. The molecule has 3 aromatic rings. The Hall–Kier alpha value is -2.87. The zero-order valence-electron chi connectivity index (χ0n) is 14.9. The molecule has 0 spiro atoms. The maximum Gasteiger partial charge on any atom is 0.227 e. The number of methoxy groups -OCH3 is 2. The minimum absolute atomic E-state index is 0.0915. The lowest BCUT2D eigenvalue weighted by molar-refractivity contribution is 0.411. The summed E-state index contributed by atoms with van der Waals surface area (Å²) in [6.45, 7) is 3.60. The molecule has 1 heterocycles. The van der Waals surface area contributed by atoms with Gasteiger partial charge in [-0.2, -0.15) is 0 Å². The highest BCUT2D eigenvalue weighted by Crippen LogP contribution is 2.28.